The van der Waals surface area contributed by atoms with Crippen molar-refractivity contribution in [3.63, 3.8) is 0 Å². The summed E-state index contributed by atoms with van der Waals surface area (Å²) in [5, 5.41) is 0. The minimum Gasteiger partial charge on any atom is -0.370 e. The second kappa shape index (κ2) is 11.8. The fourth-order valence-electron chi connectivity index (χ4n) is 2.44. The maximum absolute atomic E-state index is 11.8. The Hall–Kier alpha value is -1.84. The first-order chi connectivity index (χ1) is 10.7. The van der Waals surface area contributed by atoms with Crippen LogP contribution in [0.2, 0.25) is 0 Å². The summed E-state index contributed by atoms with van der Waals surface area (Å²) >= 11 is 0. The quantitative estimate of drug-likeness (QED) is 0.849. The molecule has 1 aromatic rings. The van der Waals surface area contributed by atoms with Crippen LogP contribution in [0.5, 0.6) is 0 Å². The van der Waals surface area contributed by atoms with Gasteiger partial charge in [-0.05, 0) is 25.7 Å². The van der Waals surface area contributed by atoms with E-state index in [0.717, 1.165) is 38.8 Å². The fourth-order valence-corrected chi connectivity index (χ4v) is 2.44. The highest BCUT2D eigenvalue weighted by Gasteiger charge is 2.14. The number of benzene rings is 1. The summed E-state index contributed by atoms with van der Waals surface area (Å²) in [7, 11) is 0. The van der Waals surface area contributed by atoms with Gasteiger partial charge in [0, 0.05) is 25.9 Å². The lowest BCUT2D eigenvalue weighted by Crippen LogP contribution is -2.31. The predicted octanol–water partition coefficient (Wildman–Crippen LogP) is 3.12. The van der Waals surface area contributed by atoms with Gasteiger partial charge in [-0.2, -0.15) is 0 Å². The Morgan fingerprint density at radius 1 is 0.773 bits per heavy atom. The van der Waals surface area contributed by atoms with Crippen molar-refractivity contribution < 1.29 is 9.59 Å². The number of hydrogen-bond acceptors (Lipinski definition) is 2. The molecule has 2 N–H and O–H groups in total. The lowest BCUT2D eigenvalue weighted by atomic mass is 10.1. The summed E-state index contributed by atoms with van der Waals surface area (Å²) in [5.41, 5.74) is 5.04. The lowest BCUT2D eigenvalue weighted by Gasteiger charge is -2.20. The second-order valence-corrected chi connectivity index (χ2v) is 5.62. The third-order valence-corrected chi connectivity index (χ3v) is 3.69. The molecule has 0 bridgehead atoms. The van der Waals surface area contributed by atoms with Gasteiger partial charge in [0.2, 0.25) is 11.8 Å². The number of amides is 2. The molecule has 1 fully saturated rings. The highest BCUT2D eigenvalue weighted by atomic mass is 16.2. The van der Waals surface area contributed by atoms with E-state index in [9.17, 15) is 9.59 Å². The molecule has 0 radical (unpaired) electrons. The number of likely N-dealkylation sites (tertiary alicyclic amines) is 1. The molecule has 1 aliphatic rings. The monoisotopic (exact) mass is 304 g/mol. The lowest BCUT2D eigenvalue weighted by molar-refractivity contribution is -0.131. The maximum atomic E-state index is 11.8. The van der Waals surface area contributed by atoms with Crippen LogP contribution < -0.4 is 5.73 Å². The molecule has 1 heterocycles. The van der Waals surface area contributed by atoms with Crippen molar-refractivity contribution in [3.05, 3.63) is 36.4 Å². The molecule has 22 heavy (non-hydrogen) atoms. The Kier molecular flexibility index (Phi) is 9.75. The van der Waals surface area contributed by atoms with E-state index in [2.05, 4.69) is 0 Å². The van der Waals surface area contributed by atoms with Gasteiger partial charge in [0.05, 0.1) is 0 Å². The van der Waals surface area contributed by atoms with Gasteiger partial charge in [0.25, 0.3) is 0 Å². The molecule has 0 saturated carbocycles. The summed E-state index contributed by atoms with van der Waals surface area (Å²) in [5.74, 6) is -0.0337. The van der Waals surface area contributed by atoms with Crippen LogP contribution in [0.15, 0.2) is 36.4 Å². The van der Waals surface area contributed by atoms with Gasteiger partial charge in [-0.25, -0.2) is 0 Å². The minimum atomic E-state index is -0.276. The van der Waals surface area contributed by atoms with Crippen molar-refractivity contribution >= 4 is 11.8 Å². The Bertz CT molecular complexity index is 386. The van der Waals surface area contributed by atoms with Crippen LogP contribution >= 0.6 is 0 Å². The van der Waals surface area contributed by atoms with Crippen molar-refractivity contribution in [2.75, 3.05) is 13.1 Å². The summed E-state index contributed by atoms with van der Waals surface area (Å²) in [6.07, 6.45) is 7.21. The first-order valence-electron chi connectivity index (χ1n) is 8.26. The zero-order chi connectivity index (χ0) is 16.0. The highest BCUT2D eigenvalue weighted by Crippen LogP contribution is 2.12. The van der Waals surface area contributed by atoms with E-state index >= 15 is 0 Å². The minimum absolute atomic E-state index is 0.242. The molecule has 1 aromatic carbocycles. The van der Waals surface area contributed by atoms with E-state index < -0.39 is 0 Å². The molecular formula is C18H28N2O2. The molecule has 0 spiro atoms. The van der Waals surface area contributed by atoms with Crippen LogP contribution in [0, 0.1) is 0 Å². The number of rotatable bonds is 5. The third-order valence-electron chi connectivity index (χ3n) is 3.69. The molecule has 1 saturated heterocycles. The van der Waals surface area contributed by atoms with Gasteiger partial charge in [0.15, 0.2) is 0 Å². The van der Waals surface area contributed by atoms with Crippen molar-refractivity contribution in [1.82, 2.24) is 4.90 Å². The molecule has 2 rings (SSSR count). The van der Waals surface area contributed by atoms with Crippen LogP contribution in [0.4, 0.5) is 0 Å². The number of primary amides is 1. The molecule has 1 aliphatic heterocycles. The Morgan fingerprint density at radius 3 is 1.68 bits per heavy atom. The van der Waals surface area contributed by atoms with Gasteiger partial charge in [0.1, 0.15) is 0 Å². The number of nitrogens with zero attached hydrogens (tertiary/aromatic N) is 1. The van der Waals surface area contributed by atoms with E-state index in [1.807, 2.05) is 41.3 Å². The summed E-state index contributed by atoms with van der Waals surface area (Å²) in [4.78, 5) is 24.3. The topological polar surface area (TPSA) is 63.4 Å². The summed E-state index contributed by atoms with van der Waals surface area (Å²) < 4.78 is 0. The Balaban J connectivity index is 0.000000335. The number of hydrogen-bond donors (Lipinski definition) is 1. The van der Waals surface area contributed by atoms with Crippen molar-refractivity contribution in [1.29, 1.82) is 0 Å². The Morgan fingerprint density at radius 2 is 1.23 bits per heavy atom. The van der Waals surface area contributed by atoms with Gasteiger partial charge in [-0.3, -0.25) is 9.59 Å². The molecular weight excluding hydrogens is 276 g/mol. The first kappa shape index (κ1) is 18.2. The van der Waals surface area contributed by atoms with E-state index in [1.165, 1.54) is 12.8 Å². The third kappa shape index (κ3) is 9.16. The average Bonchev–Trinajstić information content (AvgIpc) is 2.83. The van der Waals surface area contributed by atoms with Gasteiger partial charge in [-0.15, -0.1) is 0 Å². The molecule has 0 atom stereocenters. The summed E-state index contributed by atoms with van der Waals surface area (Å²) in [6, 6.07) is 12.0. The van der Waals surface area contributed by atoms with Crippen LogP contribution in [-0.2, 0) is 9.59 Å². The van der Waals surface area contributed by atoms with Crippen LogP contribution in [0.3, 0.4) is 0 Å². The largest absolute Gasteiger partial charge is 0.370 e. The van der Waals surface area contributed by atoms with E-state index in [4.69, 9.17) is 5.73 Å². The standard InChI is InChI=1S/C12H22N2O2.C6H6/c13-11(15)7-3-4-8-12(16)14-9-5-1-2-6-10-14;1-2-4-6-5-3-1/h1-10H2,(H2,13,15);1-6H. The van der Waals surface area contributed by atoms with Crippen molar-refractivity contribution in [2.45, 2.75) is 51.4 Å². The molecule has 0 unspecified atom stereocenters. The van der Waals surface area contributed by atoms with E-state index in [1.54, 1.807) is 0 Å². The zero-order valence-electron chi connectivity index (χ0n) is 13.4. The van der Waals surface area contributed by atoms with Crippen LogP contribution in [-0.4, -0.2) is 29.8 Å². The van der Waals surface area contributed by atoms with Crippen molar-refractivity contribution in [2.24, 2.45) is 5.73 Å². The molecule has 122 valence electrons. The zero-order valence-corrected chi connectivity index (χ0v) is 13.4. The van der Waals surface area contributed by atoms with Crippen LogP contribution in [0.25, 0.3) is 0 Å². The maximum Gasteiger partial charge on any atom is 0.222 e. The van der Waals surface area contributed by atoms with E-state index in [-0.39, 0.29) is 11.8 Å². The molecule has 4 heteroatoms. The smallest absolute Gasteiger partial charge is 0.222 e. The molecule has 0 aliphatic carbocycles. The molecule has 4 nitrogen and oxygen atoms in total. The predicted molar refractivity (Wildman–Crippen MR) is 89.2 cm³/mol. The van der Waals surface area contributed by atoms with Crippen molar-refractivity contribution in [3.8, 4) is 0 Å². The average molecular weight is 304 g/mol. The first-order valence-corrected chi connectivity index (χ1v) is 8.26. The SMILES string of the molecule is NC(=O)CCCCC(=O)N1CCCCCC1.c1ccccc1. The van der Waals surface area contributed by atoms with Gasteiger partial charge >= 0.3 is 0 Å². The fraction of sp³-hybridized carbons (Fsp3) is 0.556. The highest BCUT2D eigenvalue weighted by molar-refractivity contribution is 5.76. The van der Waals surface area contributed by atoms with Gasteiger partial charge < -0.3 is 10.6 Å². The summed E-state index contributed by atoms with van der Waals surface area (Å²) in [6.45, 7) is 1.82. The van der Waals surface area contributed by atoms with Gasteiger partial charge in [-0.1, -0.05) is 49.2 Å². The van der Waals surface area contributed by atoms with E-state index in [0.29, 0.717) is 12.8 Å². The number of unbranched alkanes of at least 4 members (excludes halogenated alkanes) is 1. The molecule has 0 aromatic heterocycles. The number of carbonyl (C=O) groups excluding carboxylic acids is 2. The molecule has 2 amide bonds. The van der Waals surface area contributed by atoms with Crippen LogP contribution in [0.1, 0.15) is 51.4 Å². The number of nitrogens with two attached hydrogens (primary N) is 1. The Labute approximate surface area is 133 Å². The number of carbonyl (C=O) groups is 2. The normalized spacial score (nSPS) is 14.5. The second-order valence-electron chi connectivity index (χ2n) is 5.62.